The summed E-state index contributed by atoms with van der Waals surface area (Å²) in [5.74, 6) is 0.0303. The van der Waals surface area contributed by atoms with E-state index < -0.39 is 0 Å². The number of aryl methyl sites for hydroxylation is 2. The summed E-state index contributed by atoms with van der Waals surface area (Å²) in [7, 11) is 1.91. The number of carbonyl (C=O) groups is 1. The molecule has 0 aliphatic heterocycles. The normalized spacial score (nSPS) is 10.8. The van der Waals surface area contributed by atoms with Crippen molar-refractivity contribution in [2.75, 3.05) is 6.54 Å². The number of nitrogens with one attached hydrogen (secondary N) is 1. The Balaban J connectivity index is 1.39. The fourth-order valence-corrected chi connectivity index (χ4v) is 3.46. The Morgan fingerprint density at radius 1 is 1.24 bits per heavy atom. The van der Waals surface area contributed by atoms with E-state index in [1.807, 2.05) is 43.0 Å². The molecule has 0 saturated heterocycles. The zero-order valence-corrected chi connectivity index (χ0v) is 15.1. The molecule has 25 heavy (non-hydrogen) atoms. The van der Waals surface area contributed by atoms with Gasteiger partial charge >= 0.3 is 0 Å². The molecule has 0 aliphatic carbocycles. The lowest BCUT2D eigenvalue weighted by molar-refractivity contribution is -0.120. The van der Waals surface area contributed by atoms with Gasteiger partial charge < -0.3 is 5.32 Å². The lowest BCUT2D eigenvalue weighted by Gasteiger charge is -2.03. The molecule has 3 aromatic rings. The fourth-order valence-electron chi connectivity index (χ4n) is 2.63. The number of aromatic nitrogens is 3. The highest BCUT2D eigenvalue weighted by molar-refractivity contribution is 7.09. The van der Waals surface area contributed by atoms with E-state index in [4.69, 9.17) is 0 Å². The van der Waals surface area contributed by atoms with Crippen molar-refractivity contribution in [1.82, 2.24) is 20.1 Å². The minimum absolute atomic E-state index is 0.0303. The molecule has 130 valence electrons. The minimum Gasteiger partial charge on any atom is -0.356 e. The van der Waals surface area contributed by atoms with E-state index >= 15 is 0 Å². The number of hydrogen-bond acceptors (Lipinski definition) is 4. The number of benzene rings is 1. The molecular weight excluding hydrogens is 332 g/mol. The van der Waals surface area contributed by atoms with Crippen LogP contribution in [-0.2, 0) is 31.1 Å². The maximum Gasteiger partial charge on any atom is 0.226 e. The first-order valence-corrected chi connectivity index (χ1v) is 9.28. The van der Waals surface area contributed by atoms with E-state index in [9.17, 15) is 4.79 Å². The summed E-state index contributed by atoms with van der Waals surface area (Å²) in [6.45, 7) is 0.675. The second kappa shape index (κ2) is 8.58. The van der Waals surface area contributed by atoms with Crippen molar-refractivity contribution in [3.63, 3.8) is 0 Å². The molecule has 5 nitrogen and oxygen atoms in total. The molecule has 0 fully saturated rings. The van der Waals surface area contributed by atoms with Crippen molar-refractivity contribution < 1.29 is 4.79 Å². The van der Waals surface area contributed by atoms with Crippen LogP contribution in [0.2, 0.25) is 0 Å². The molecule has 0 unspecified atom stereocenters. The largest absolute Gasteiger partial charge is 0.356 e. The van der Waals surface area contributed by atoms with E-state index in [-0.39, 0.29) is 5.91 Å². The number of hydrogen-bond donors (Lipinski definition) is 1. The first-order valence-electron chi connectivity index (χ1n) is 8.40. The zero-order chi connectivity index (χ0) is 17.5. The highest BCUT2D eigenvalue weighted by Crippen LogP contribution is 2.15. The van der Waals surface area contributed by atoms with E-state index in [1.54, 1.807) is 16.0 Å². The van der Waals surface area contributed by atoms with Gasteiger partial charge in [0.2, 0.25) is 5.91 Å². The third kappa shape index (κ3) is 5.53. The molecule has 0 spiro atoms. The molecule has 0 aliphatic rings. The van der Waals surface area contributed by atoms with Gasteiger partial charge in [0.15, 0.2) is 0 Å². The monoisotopic (exact) mass is 354 g/mol. The second-order valence-corrected chi connectivity index (χ2v) is 6.99. The van der Waals surface area contributed by atoms with Crippen molar-refractivity contribution in [1.29, 1.82) is 0 Å². The maximum absolute atomic E-state index is 12.0. The van der Waals surface area contributed by atoms with Gasteiger partial charge in [-0.05, 0) is 24.0 Å². The van der Waals surface area contributed by atoms with Gasteiger partial charge in [-0.3, -0.25) is 9.48 Å². The summed E-state index contributed by atoms with van der Waals surface area (Å²) < 4.78 is 1.79. The Morgan fingerprint density at radius 2 is 2.08 bits per heavy atom. The summed E-state index contributed by atoms with van der Waals surface area (Å²) in [4.78, 5) is 16.6. The summed E-state index contributed by atoms with van der Waals surface area (Å²) in [5, 5.41) is 10.1. The molecule has 1 aromatic carbocycles. The minimum atomic E-state index is 0.0303. The number of amides is 1. The number of nitrogens with zero attached hydrogens (tertiary/aromatic N) is 3. The predicted molar refractivity (Wildman–Crippen MR) is 99.6 cm³/mol. The number of thiazole rings is 1. The van der Waals surface area contributed by atoms with E-state index in [1.165, 1.54) is 11.1 Å². The van der Waals surface area contributed by atoms with Gasteiger partial charge in [-0.25, -0.2) is 4.98 Å². The highest BCUT2D eigenvalue weighted by atomic mass is 32.1. The van der Waals surface area contributed by atoms with Crippen molar-refractivity contribution in [2.45, 2.75) is 25.7 Å². The first kappa shape index (κ1) is 17.4. The second-order valence-electron chi connectivity index (χ2n) is 6.05. The molecule has 0 bridgehead atoms. The molecule has 6 heteroatoms. The number of carbonyl (C=O) groups excluding carboxylic acids is 1. The average molecular weight is 354 g/mol. The molecule has 1 N–H and O–H groups in total. The zero-order valence-electron chi connectivity index (χ0n) is 14.3. The van der Waals surface area contributed by atoms with Gasteiger partial charge in [0.25, 0.3) is 0 Å². The summed E-state index contributed by atoms with van der Waals surface area (Å²) in [6.07, 6.45) is 6.87. The highest BCUT2D eigenvalue weighted by Gasteiger charge is 2.08. The van der Waals surface area contributed by atoms with Crippen LogP contribution in [0, 0.1) is 0 Å². The van der Waals surface area contributed by atoms with Crippen LogP contribution in [0.4, 0.5) is 0 Å². The SMILES string of the molecule is Cn1cc(CCCNC(=O)Cc2csc(Cc3ccccc3)n2)cn1. The molecule has 2 heterocycles. The van der Waals surface area contributed by atoms with E-state index in [0.717, 1.165) is 30.0 Å². The number of rotatable bonds is 8. The van der Waals surface area contributed by atoms with Gasteiger partial charge in [-0.15, -0.1) is 11.3 Å². The van der Waals surface area contributed by atoms with Gasteiger partial charge in [-0.2, -0.15) is 5.10 Å². The Hall–Kier alpha value is -2.47. The summed E-state index contributed by atoms with van der Waals surface area (Å²) >= 11 is 1.61. The van der Waals surface area contributed by atoms with Crippen LogP contribution in [0.25, 0.3) is 0 Å². The fraction of sp³-hybridized carbons (Fsp3) is 0.316. The van der Waals surface area contributed by atoms with Crippen molar-refractivity contribution in [2.24, 2.45) is 7.05 Å². The van der Waals surface area contributed by atoms with Crippen molar-refractivity contribution >= 4 is 17.2 Å². The van der Waals surface area contributed by atoms with Crippen LogP contribution in [0.15, 0.2) is 48.1 Å². The van der Waals surface area contributed by atoms with Crippen LogP contribution in [0.5, 0.6) is 0 Å². The van der Waals surface area contributed by atoms with Crippen molar-refractivity contribution in [3.05, 3.63) is 69.9 Å². The standard InChI is InChI=1S/C19H22N4OS/c1-23-13-16(12-21-23)8-5-9-20-18(24)11-17-14-25-19(22-17)10-15-6-3-2-4-7-15/h2-4,6-7,12-14H,5,8-11H2,1H3,(H,20,24). The molecule has 1 amide bonds. The molecule has 0 atom stereocenters. The third-order valence-electron chi connectivity index (χ3n) is 3.86. The Labute approximate surface area is 151 Å². The molecular formula is C19H22N4OS. The van der Waals surface area contributed by atoms with Crippen LogP contribution < -0.4 is 5.32 Å². The first-order chi connectivity index (χ1) is 12.2. The van der Waals surface area contributed by atoms with Crippen LogP contribution in [-0.4, -0.2) is 27.2 Å². The predicted octanol–water partition coefficient (Wildman–Crippen LogP) is 2.76. The summed E-state index contributed by atoms with van der Waals surface area (Å²) in [6, 6.07) is 10.3. The van der Waals surface area contributed by atoms with Crippen LogP contribution in [0.3, 0.4) is 0 Å². The van der Waals surface area contributed by atoms with E-state index in [0.29, 0.717) is 13.0 Å². The molecule has 2 aromatic heterocycles. The van der Waals surface area contributed by atoms with Gasteiger partial charge in [0.1, 0.15) is 0 Å². The van der Waals surface area contributed by atoms with Crippen LogP contribution >= 0.6 is 11.3 Å². The third-order valence-corrected chi connectivity index (χ3v) is 4.76. The van der Waals surface area contributed by atoms with Gasteiger partial charge in [0, 0.05) is 31.6 Å². The lowest BCUT2D eigenvalue weighted by atomic mass is 10.2. The lowest BCUT2D eigenvalue weighted by Crippen LogP contribution is -2.26. The molecule has 3 rings (SSSR count). The van der Waals surface area contributed by atoms with Crippen LogP contribution in [0.1, 0.15) is 28.2 Å². The van der Waals surface area contributed by atoms with E-state index in [2.05, 4.69) is 27.5 Å². The Kier molecular flexibility index (Phi) is 5.95. The van der Waals surface area contributed by atoms with Gasteiger partial charge in [-0.1, -0.05) is 30.3 Å². The maximum atomic E-state index is 12.0. The molecule has 0 saturated carbocycles. The summed E-state index contributed by atoms with van der Waals surface area (Å²) in [5.41, 5.74) is 3.28. The quantitative estimate of drug-likeness (QED) is 0.633. The van der Waals surface area contributed by atoms with Crippen molar-refractivity contribution in [3.8, 4) is 0 Å². The smallest absolute Gasteiger partial charge is 0.226 e. The average Bonchev–Trinajstić information content (AvgIpc) is 3.21. The topological polar surface area (TPSA) is 59.8 Å². The Morgan fingerprint density at radius 3 is 2.84 bits per heavy atom. The van der Waals surface area contributed by atoms with Gasteiger partial charge in [0.05, 0.1) is 23.3 Å². The molecule has 0 radical (unpaired) electrons. The Bertz CT molecular complexity index is 810.